The van der Waals surface area contributed by atoms with Gasteiger partial charge in [-0.15, -0.1) is 0 Å². The van der Waals surface area contributed by atoms with E-state index >= 15 is 0 Å². The van der Waals surface area contributed by atoms with Gasteiger partial charge in [-0.2, -0.15) is 5.10 Å². The number of carbonyl (C=O) groups is 1. The van der Waals surface area contributed by atoms with Gasteiger partial charge in [-0.3, -0.25) is 9.48 Å². The molecule has 0 fully saturated rings. The van der Waals surface area contributed by atoms with Crippen molar-refractivity contribution < 1.29 is 9.53 Å². The topological polar surface area (TPSA) is 82.2 Å². The number of nitrogens with zero attached hydrogens (tertiary/aromatic N) is 2. The molecule has 0 radical (unpaired) electrons. The summed E-state index contributed by atoms with van der Waals surface area (Å²) in [5.74, 6) is 0.549. The molecule has 0 aliphatic carbocycles. The molecule has 2 aromatic rings. The van der Waals surface area contributed by atoms with Crippen LogP contribution in [0.2, 0.25) is 0 Å². The molecule has 21 heavy (non-hydrogen) atoms. The quantitative estimate of drug-likeness (QED) is 0.845. The third-order valence-electron chi connectivity index (χ3n) is 3.02. The lowest BCUT2D eigenvalue weighted by atomic mass is 10.2. The van der Waals surface area contributed by atoms with E-state index in [0.29, 0.717) is 24.5 Å². The van der Waals surface area contributed by atoms with Crippen LogP contribution in [0.4, 0.5) is 5.69 Å². The van der Waals surface area contributed by atoms with Crippen molar-refractivity contribution in [2.45, 2.75) is 13.3 Å². The number of carbonyl (C=O) groups excluding carboxylic acids is 1. The first-order chi connectivity index (χ1) is 10.1. The van der Waals surface area contributed by atoms with Gasteiger partial charge in [-0.25, -0.2) is 0 Å². The molecule has 2 rings (SSSR count). The van der Waals surface area contributed by atoms with Gasteiger partial charge in [-0.1, -0.05) is 6.92 Å². The van der Waals surface area contributed by atoms with Crippen molar-refractivity contribution >= 4 is 11.6 Å². The molecule has 6 nitrogen and oxygen atoms in total. The highest BCUT2D eigenvalue weighted by atomic mass is 16.5. The Balaban J connectivity index is 2.03. The summed E-state index contributed by atoms with van der Waals surface area (Å²) in [5.41, 5.74) is 7.52. The van der Waals surface area contributed by atoms with E-state index in [9.17, 15) is 4.79 Å². The third kappa shape index (κ3) is 3.82. The van der Waals surface area contributed by atoms with Gasteiger partial charge >= 0.3 is 0 Å². The second kappa shape index (κ2) is 6.90. The van der Waals surface area contributed by atoms with Crippen LogP contribution in [0.15, 0.2) is 30.3 Å². The lowest BCUT2D eigenvalue weighted by molar-refractivity contribution is 0.101. The fraction of sp³-hybridized carbons (Fsp3) is 0.333. The van der Waals surface area contributed by atoms with Crippen molar-refractivity contribution in [2.75, 3.05) is 18.5 Å². The molecular formula is C15H20N4O2. The molecule has 0 saturated carbocycles. The Kier molecular flexibility index (Phi) is 4.94. The molecule has 6 heteroatoms. The standard InChI is InChI=1S/C15H20N4O2/c1-3-11-10-14(19(2)18-11)15(20)17-12-4-6-13(7-5-12)21-9-8-16/h4-7,10H,3,8-9,16H2,1-2H3,(H,17,20). The molecule has 3 N–H and O–H groups in total. The molecule has 1 aromatic carbocycles. The molecule has 0 saturated heterocycles. The zero-order valence-electron chi connectivity index (χ0n) is 12.3. The Morgan fingerprint density at radius 1 is 1.38 bits per heavy atom. The summed E-state index contributed by atoms with van der Waals surface area (Å²) in [4.78, 5) is 12.2. The second-order valence-corrected chi connectivity index (χ2v) is 4.61. The Bertz CT molecular complexity index is 605. The Labute approximate surface area is 123 Å². The zero-order valence-corrected chi connectivity index (χ0v) is 12.3. The van der Waals surface area contributed by atoms with E-state index in [2.05, 4.69) is 10.4 Å². The average Bonchev–Trinajstić information content (AvgIpc) is 2.88. The highest BCUT2D eigenvalue weighted by Crippen LogP contribution is 2.16. The first kappa shape index (κ1) is 15.1. The zero-order chi connectivity index (χ0) is 15.2. The predicted octanol–water partition coefficient (Wildman–Crippen LogP) is 1.57. The van der Waals surface area contributed by atoms with Crippen LogP contribution in [0.5, 0.6) is 5.75 Å². The van der Waals surface area contributed by atoms with E-state index in [0.717, 1.165) is 17.9 Å². The molecule has 0 unspecified atom stereocenters. The number of ether oxygens (including phenoxy) is 1. The predicted molar refractivity (Wildman–Crippen MR) is 81.5 cm³/mol. The lowest BCUT2D eigenvalue weighted by Gasteiger charge is -2.07. The molecule has 0 spiro atoms. The van der Waals surface area contributed by atoms with E-state index in [4.69, 9.17) is 10.5 Å². The highest BCUT2D eigenvalue weighted by molar-refractivity contribution is 6.03. The number of benzene rings is 1. The number of nitrogens with one attached hydrogen (secondary N) is 1. The van der Waals surface area contributed by atoms with Crippen molar-refractivity contribution in [1.29, 1.82) is 0 Å². The maximum Gasteiger partial charge on any atom is 0.273 e. The summed E-state index contributed by atoms with van der Waals surface area (Å²) in [6.45, 7) is 2.95. The van der Waals surface area contributed by atoms with E-state index in [-0.39, 0.29) is 5.91 Å². The van der Waals surface area contributed by atoms with Gasteiger partial charge < -0.3 is 15.8 Å². The van der Waals surface area contributed by atoms with Crippen LogP contribution in [-0.4, -0.2) is 28.8 Å². The maximum absolute atomic E-state index is 12.2. The molecule has 0 aliphatic heterocycles. The van der Waals surface area contributed by atoms with Crippen molar-refractivity contribution in [2.24, 2.45) is 12.8 Å². The number of rotatable bonds is 6. The van der Waals surface area contributed by atoms with Crippen LogP contribution in [0.25, 0.3) is 0 Å². The van der Waals surface area contributed by atoms with Gasteiger partial charge in [-0.05, 0) is 36.8 Å². The normalized spacial score (nSPS) is 10.4. The SMILES string of the molecule is CCc1cc(C(=O)Nc2ccc(OCCN)cc2)n(C)n1. The summed E-state index contributed by atoms with van der Waals surface area (Å²) < 4.78 is 6.98. The van der Waals surface area contributed by atoms with Gasteiger partial charge in [0.2, 0.25) is 0 Å². The molecule has 0 aliphatic rings. The lowest BCUT2D eigenvalue weighted by Crippen LogP contribution is -2.16. The highest BCUT2D eigenvalue weighted by Gasteiger charge is 2.12. The molecule has 0 bridgehead atoms. The van der Waals surface area contributed by atoms with Crippen LogP contribution in [-0.2, 0) is 13.5 Å². The van der Waals surface area contributed by atoms with Gasteiger partial charge in [0.05, 0.1) is 5.69 Å². The summed E-state index contributed by atoms with van der Waals surface area (Å²) >= 11 is 0. The van der Waals surface area contributed by atoms with Crippen LogP contribution >= 0.6 is 0 Å². The van der Waals surface area contributed by atoms with Crippen LogP contribution in [0.3, 0.4) is 0 Å². The molecular weight excluding hydrogens is 268 g/mol. The van der Waals surface area contributed by atoms with Gasteiger partial charge in [0, 0.05) is 19.3 Å². The number of nitrogens with two attached hydrogens (primary N) is 1. The fourth-order valence-electron chi connectivity index (χ4n) is 1.92. The Morgan fingerprint density at radius 3 is 2.67 bits per heavy atom. The van der Waals surface area contributed by atoms with Gasteiger partial charge in [0.15, 0.2) is 0 Å². The molecule has 0 atom stereocenters. The number of hydrogen-bond donors (Lipinski definition) is 2. The number of anilines is 1. The van der Waals surface area contributed by atoms with E-state index in [1.807, 2.05) is 6.92 Å². The minimum Gasteiger partial charge on any atom is -0.492 e. The number of amides is 1. The molecule has 1 aromatic heterocycles. The molecule has 1 heterocycles. The fourth-order valence-corrected chi connectivity index (χ4v) is 1.92. The Morgan fingerprint density at radius 2 is 2.10 bits per heavy atom. The van der Waals surface area contributed by atoms with E-state index < -0.39 is 0 Å². The summed E-state index contributed by atoms with van der Waals surface area (Å²) in [6, 6.07) is 8.98. The molecule has 1 amide bonds. The Hall–Kier alpha value is -2.34. The number of aryl methyl sites for hydroxylation is 2. The second-order valence-electron chi connectivity index (χ2n) is 4.61. The monoisotopic (exact) mass is 288 g/mol. The smallest absolute Gasteiger partial charge is 0.273 e. The largest absolute Gasteiger partial charge is 0.492 e. The first-order valence-electron chi connectivity index (χ1n) is 6.91. The summed E-state index contributed by atoms with van der Waals surface area (Å²) in [6.07, 6.45) is 0.800. The average molecular weight is 288 g/mol. The number of aromatic nitrogens is 2. The summed E-state index contributed by atoms with van der Waals surface area (Å²) in [5, 5.41) is 7.10. The first-order valence-corrected chi connectivity index (χ1v) is 6.91. The van der Waals surface area contributed by atoms with E-state index in [1.54, 1.807) is 42.1 Å². The van der Waals surface area contributed by atoms with Gasteiger partial charge in [0.25, 0.3) is 5.91 Å². The van der Waals surface area contributed by atoms with Crippen molar-refractivity contribution in [3.05, 3.63) is 41.7 Å². The number of hydrogen-bond acceptors (Lipinski definition) is 4. The summed E-state index contributed by atoms with van der Waals surface area (Å²) in [7, 11) is 1.76. The third-order valence-corrected chi connectivity index (χ3v) is 3.02. The van der Waals surface area contributed by atoms with Crippen LogP contribution < -0.4 is 15.8 Å². The van der Waals surface area contributed by atoms with Crippen molar-refractivity contribution in [3.8, 4) is 5.75 Å². The minimum absolute atomic E-state index is 0.180. The minimum atomic E-state index is -0.180. The van der Waals surface area contributed by atoms with Crippen molar-refractivity contribution in [3.63, 3.8) is 0 Å². The van der Waals surface area contributed by atoms with Gasteiger partial charge in [0.1, 0.15) is 18.1 Å². The maximum atomic E-state index is 12.2. The van der Waals surface area contributed by atoms with Crippen molar-refractivity contribution in [1.82, 2.24) is 9.78 Å². The van der Waals surface area contributed by atoms with Crippen LogP contribution in [0.1, 0.15) is 23.1 Å². The molecule has 112 valence electrons. The van der Waals surface area contributed by atoms with Crippen LogP contribution in [0, 0.1) is 0 Å². The van der Waals surface area contributed by atoms with E-state index in [1.165, 1.54) is 0 Å².